The van der Waals surface area contributed by atoms with Gasteiger partial charge in [0.15, 0.2) is 0 Å². The third-order valence-corrected chi connectivity index (χ3v) is 3.00. The number of nitrogens with zero attached hydrogens (tertiary/aromatic N) is 1. The molecule has 0 atom stereocenters. The summed E-state index contributed by atoms with van der Waals surface area (Å²) < 4.78 is 13.0. The summed E-state index contributed by atoms with van der Waals surface area (Å²) in [6, 6.07) is 15.9. The van der Waals surface area contributed by atoms with Gasteiger partial charge >= 0.3 is 5.97 Å². The lowest BCUT2D eigenvalue weighted by Gasteiger charge is -2.24. The molecule has 0 aliphatic heterocycles. The Hall–Kier alpha value is -2.36. The van der Waals surface area contributed by atoms with Crippen molar-refractivity contribution in [2.24, 2.45) is 0 Å². The number of carboxylic acid groups (broad SMARTS) is 1. The summed E-state index contributed by atoms with van der Waals surface area (Å²) >= 11 is 0. The monoisotopic (exact) mass is 273 g/mol. The van der Waals surface area contributed by atoms with Crippen LogP contribution >= 0.6 is 0 Å². The SMILES string of the molecule is O=C(O)CCN(Cc1ccccc1)c1ccc(F)cc1. The molecule has 0 aliphatic carbocycles. The zero-order valence-electron chi connectivity index (χ0n) is 11.0. The van der Waals surface area contributed by atoms with E-state index in [1.807, 2.05) is 35.2 Å². The molecule has 0 unspecified atom stereocenters. The molecule has 0 aliphatic rings. The smallest absolute Gasteiger partial charge is 0.305 e. The Bertz CT molecular complexity index is 554. The number of carboxylic acids is 1. The number of halogens is 1. The number of hydrogen-bond donors (Lipinski definition) is 1. The maximum Gasteiger partial charge on any atom is 0.305 e. The van der Waals surface area contributed by atoms with Crippen molar-refractivity contribution in [3.63, 3.8) is 0 Å². The molecular formula is C16H16FNO2. The Balaban J connectivity index is 2.15. The second kappa shape index (κ2) is 6.70. The predicted molar refractivity (Wildman–Crippen MR) is 76.1 cm³/mol. The first-order chi connectivity index (χ1) is 9.65. The van der Waals surface area contributed by atoms with Crippen LogP contribution in [0.5, 0.6) is 0 Å². The molecule has 2 aromatic carbocycles. The van der Waals surface area contributed by atoms with E-state index in [4.69, 9.17) is 5.11 Å². The molecule has 0 radical (unpaired) electrons. The van der Waals surface area contributed by atoms with E-state index in [0.717, 1.165) is 11.3 Å². The highest BCUT2D eigenvalue weighted by atomic mass is 19.1. The van der Waals surface area contributed by atoms with Crippen molar-refractivity contribution in [1.29, 1.82) is 0 Å². The Labute approximate surface area is 117 Å². The molecular weight excluding hydrogens is 257 g/mol. The lowest BCUT2D eigenvalue weighted by molar-refractivity contribution is -0.136. The van der Waals surface area contributed by atoms with Crippen molar-refractivity contribution in [3.8, 4) is 0 Å². The van der Waals surface area contributed by atoms with E-state index >= 15 is 0 Å². The zero-order chi connectivity index (χ0) is 14.4. The molecule has 104 valence electrons. The van der Waals surface area contributed by atoms with Crippen molar-refractivity contribution in [1.82, 2.24) is 0 Å². The highest BCUT2D eigenvalue weighted by Crippen LogP contribution is 2.18. The third kappa shape index (κ3) is 4.09. The largest absolute Gasteiger partial charge is 0.481 e. The van der Waals surface area contributed by atoms with E-state index in [1.54, 1.807) is 12.1 Å². The number of aliphatic carboxylic acids is 1. The second-order valence-electron chi connectivity index (χ2n) is 4.53. The van der Waals surface area contributed by atoms with E-state index < -0.39 is 5.97 Å². The van der Waals surface area contributed by atoms with Crippen LogP contribution in [0.25, 0.3) is 0 Å². The summed E-state index contributed by atoms with van der Waals surface area (Å²) in [5.41, 5.74) is 1.90. The molecule has 0 fully saturated rings. The quantitative estimate of drug-likeness (QED) is 0.877. The van der Waals surface area contributed by atoms with E-state index in [9.17, 15) is 9.18 Å². The highest BCUT2D eigenvalue weighted by molar-refractivity contribution is 5.67. The number of carbonyl (C=O) groups is 1. The Morgan fingerprint density at radius 1 is 1.05 bits per heavy atom. The summed E-state index contributed by atoms with van der Waals surface area (Å²) in [6.07, 6.45) is 0.0458. The van der Waals surface area contributed by atoms with Crippen LogP contribution in [0.3, 0.4) is 0 Å². The maximum absolute atomic E-state index is 13.0. The molecule has 4 heteroatoms. The van der Waals surface area contributed by atoms with Crippen LogP contribution in [0.1, 0.15) is 12.0 Å². The summed E-state index contributed by atoms with van der Waals surface area (Å²) in [4.78, 5) is 12.7. The Morgan fingerprint density at radius 2 is 1.70 bits per heavy atom. The van der Waals surface area contributed by atoms with Crippen LogP contribution < -0.4 is 4.90 Å². The number of rotatable bonds is 6. The molecule has 0 bridgehead atoms. The Morgan fingerprint density at radius 3 is 2.30 bits per heavy atom. The van der Waals surface area contributed by atoms with E-state index in [0.29, 0.717) is 13.1 Å². The third-order valence-electron chi connectivity index (χ3n) is 3.00. The van der Waals surface area contributed by atoms with Crippen LogP contribution in [-0.4, -0.2) is 17.6 Å². The average molecular weight is 273 g/mol. The summed E-state index contributed by atoms with van der Waals surface area (Å²) in [5.74, 6) is -1.14. The van der Waals surface area contributed by atoms with Crippen LogP contribution in [0.15, 0.2) is 54.6 Å². The first-order valence-corrected chi connectivity index (χ1v) is 6.41. The summed E-state index contributed by atoms with van der Waals surface area (Å²) in [7, 11) is 0. The Kier molecular flexibility index (Phi) is 4.71. The average Bonchev–Trinajstić information content (AvgIpc) is 2.45. The van der Waals surface area contributed by atoms with E-state index in [-0.39, 0.29) is 12.2 Å². The van der Waals surface area contributed by atoms with Gasteiger partial charge in [-0.2, -0.15) is 0 Å². The normalized spacial score (nSPS) is 10.2. The number of anilines is 1. The van der Waals surface area contributed by atoms with Gasteiger partial charge in [-0.3, -0.25) is 4.79 Å². The van der Waals surface area contributed by atoms with Gasteiger partial charge in [0.2, 0.25) is 0 Å². The number of hydrogen-bond acceptors (Lipinski definition) is 2. The fourth-order valence-electron chi connectivity index (χ4n) is 1.99. The van der Waals surface area contributed by atoms with Crippen molar-refractivity contribution in [2.75, 3.05) is 11.4 Å². The van der Waals surface area contributed by atoms with Gasteiger partial charge in [0.1, 0.15) is 5.82 Å². The van der Waals surface area contributed by atoms with Crippen LogP contribution in [0.4, 0.5) is 10.1 Å². The van der Waals surface area contributed by atoms with Crippen molar-refractivity contribution < 1.29 is 14.3 Å². The molecule has 0 spiro atoms. The molecule has 0 saturated carbocycles. The molecule has 0 amide bonds. The zero-order valence-corrected chi connectivity index (χ0v) is 11.0. The van der Waals surface area contributed by atoms with Crippen molar-refractivity contribution >= 4 is 11.7 Å². The van der Waals surface area contributed by atoms with Crippen LogP contribution in [0, 0.1) is 5.82 Å². The van der Waals surface area contributed by atoms with Gasteiger partial charge in [-0.15, -0.1) is 0 Å². The first-order valence-electron chi connectivity index (χ1n) is 6.41. The second-order valence-corrected chi connectivity index (χ2v) is 4.53. The van der Waals surface area contributed by atoms with Gasteiger partial charge in [-0.1, -0.05) is 30.3 Å². The van der Waals surface area contributed by atoms with Crippen LogP contribution in [0.2, 0.25) is 0 Å². The molecule has 2 aromatic rings. The minimum absolute atomic E-state index is 0.0458. The number of benzene rings is 2. The van der Waals surface area contributed by atoms with Crippen LogP contribution in [-0.2, 0) is 11.3 Å². The minimum Gasteiger partial charge on any atom is -0.481 e. The summed E-state index contributed by atoms with van der Waals surface area (Å²) in [6.45, 7) is 0.982. The molecule has 0 heterocycles. The predicted octanol–water partition coefficient (Wildman–Crippen LogP) is 3.31. The van der Waals surface area contributed by atoms with Gasteiger partial charge in [0.25, 0.3) is 0 Å². The van der Waals surface area contributed by atoms with Crippen molar-refractivity contribution in [3.05, 3.63) is 66.0 Å². The maximum atomic E-state index is 13.0. The lowest BCUT2D eigenvalue weighted by Crippen LogP contribution is -2.25. The standard InChI is InChI=1S/C16H16FNO2/c17-14-6-8-15(9-7-14)18(11-10-16(19)20)12-13-4-2-1-3-5-13/h1-9H,10-12H2,(H,19,20). The van der Waals surface area contributed by atoms with E-state index in [1.165, 1.54) is 12.1 Å². The molecule has 3 nitrogen and oxygen atoms in total. The summed E-state index contributed by atoms with van der Waals surface area (Å²) in [5, 5.41) is 8.83. The topological polar surface area (TPSA) is 40.5 Å². The molecule has 0 aromatic heterocycles. The first kappa shape index (κ1) is 14.1. The lowest BCUT2D eigenvalue weighted by atomic mass is 10.2. The van der Waals surface area contributed by atoms with Gasteiger partial charge in [-0.25, -0.2) is 4.39 Å². The molecule has 20 heavy (non-hydrogen) atoms. The molecule has 0 saturated heterocycles. The fourth-order valence-corrected chi connectivity index (χ4v) is 1.99. The van der Waals surface area contributed by atoms with Crippen molar-refractivity contribution in [2.45, 2.75) is 13.0 Å². The highest BCUT2D eigenvalue weighted by Gasteiger charge is 2.09. The van der Waals surface area contributed by atoms with Gasteiger partial charge in [0.05, 0.1) is 6.42 Å². The molecule has 1 N–H and O–H groups in total. The molecule has 2 rings (SSSR count). The van der Waals surface area contributed by atoms with E-state index in [2.05, 4.69) is 0 Å². The van der Waals surface area contributed by atoms with Gasteiger partial charge < -0.3 is 10.0 Å². The van der Waals surface area contributed by atoms with Gasteiger partial charge in [-0.05, 0) is 29.8 Å². The fraction of sp³-hybridized carbons (Fsp3) is 0.188. The van der Waals surface area contributed by atoms with Gasteiger partial charge in [0, 0.05) is 18.8 Å². The minimum atomic E-state index is -0.842.